The van der Waals surface area contributed by atoms with Crippen molar-refractivity contribution < 1.29 is 28.3 Å². The van der Waals surface area contributed by atoms with Crippen molar-refractivity contribution in [1.82, 2.24) is 4.90 Å². The minimum atomic E-state index is -0.454. The van der Waals surface area contributed by atoms with Gasteiger partial charge in [0, 0.05) is 43.6 Å². The number of hydrogen-bond donors (Lipinski definition) is 2. The van der Waals surface area contributed by atoms with Crippen molar-refractivity contribution in [2.24, 2.45) is 11.7 Å². The Kier molecular flexibility index (Phi) is 8.73. The van der Waals surface area contributed by atoms with Gasteiger partial charge in [0.25, 0.3) is 5.91 Å². The standard InChI is InChI=1S/C31H40N4O5/c1-3-13-35(14-9-24(10-15-35)29(32)31(37)34-11-16-38-17-12-34)22(2)18-23-5-4-6-26(19-23)33-30(36)25-7-8-27-28(20-25)40-21-39-27/h3-8,19-20,22,24,29H,1,9-18,21,32H2,2H3/p+1. The number of benzene rings is 2. The Labute approximate surface area is 236 Å². The molecule has 0 saturated carbocycles. The highest BCUT2D eigenvalue weighted by molar-refractivity contribution is 6.04. The number of quaternary nitrogens is 1. The molecule has 0 bridgehead atoms. The first kappa shape index (κ1) is 28.1. The summed E-state index contributed by atoms with van der Waals surface area (Å²) >= 11 is 0. The average Bonchev–Trinajstić information content (AvgIpc) is 3.46. The van der Waals surface area contributed by atoms with E-state index in [-0.39, 0.29) is 24.5 Å². The molecule has 0 spiro atoms. The number of amides is 2. The third kappa shape index (κ3) is 6.16. The molecule has 2 unspecified atom stereocenters. The molecule has 0 radical (unpaired) electrons. The highest BCUT2D eigenvalue weighted by atomic mass is 16.7. The van der Waals surface area contributed by atoms with Crippen LogP contribution in [0.15, 0.2) is 55.1 Å². The Hall–Kier alpha value is -3.40. The number of carbonyl (C=O) groups is 2. The van der Waals surface area contributed by atoms with Gasteiger partial charge in [0.15, 0.2) is 11.5 Å². The van der Waals surface area contributed by atoms with Crippen LogP contribution in [0.5, 0.6) is 11.5 Å². The number of nitrogens with two attached hydrogens (primary N) is 1. The molecule has 2 aromatic carbocycles. The molecule has 2 fully saturated rings. The first-order valence-corrected chi connectivity index (χ1v) is 14.3. The van der Waals surface area contributed by atoms with Crippen molar-refractivity contribution in [3.05, 3.63) is 66.2 Å². The molecule has 40 heavy (non-hydrogen) atoms. The SMILES string of the molecule is C=CC[N+]1(C(C)Cc2cccc(NC(=O)c3ccc4c(c3)OCO4)c2)CCC(C(N)C(=O)N2CCOCC2)CC1. The van der Waals surface area contributed by atoms with Crippen LogP contribution in [-0.4, -0.2) is 86.0 Å². The zero-order chi connectivity index (χ0) is 28.1. The maximum absolute atomic E-state index is 13.0. The normalized spacial score (nSPS) is 23.8. The number of fused-ring (bicyclic) bond motifs is 1. The predicted molar refractivity (Wildman–Crippen MR) is 153 cm³/mol. The molecule has 2 saturated heterocycles. The average molecular weight is 550 g/mol. The molecule has 5 rings (SSSR count). The van der Waals surface area contributed by atoms with Crippen molar-refractivity contribution in [3.63, 3.8) is 0 Å². The number of ether oxygens (including phenoxy) is 3. The van der Waals surface area contributed by atoms with Gasteiger partial charge in [0.2, 0.25) is 12.7 Å². The molecule has 3 N–H and O–H groups in total. The number of morpholine rings is 1. The summed E-state index contributed by atoms with van der Waals surface area (Å²) in [6.45, 7) is 11.7. The molecule has 2 aromatic rings. The van der Waals surface area contributed by atoms with E-state index in [0.29, 0.717) is 49.4 Å². The zero-order valence-corrected chi connectivity index (χ0v) is 23.3. The molecule has 9 heteroatoms. The van der Waals surface area contributed by atoms with E-state index in [1.165, 1.54) is 5.56 Å². The fourth-order valence-corrected chi connectivity index (χ4v) is 6.27. The van der Waals surface area contributed by atoms with E-state index >= 15 is 0 Å². The van der Waals surface area contributed by atoms with Crippen molar-refractivity contribution >= 4 is 17.5 Å². The lowest BCUT2D eigenvalue weighted by Gasteiger charge is -2.48. The lowest BCUT2D eigenvalue weighted by atomic mass is 9.86. The number of nitrogens with zero attached hydrogens (tertiary/aromatic N) is 2. The van der Waals surface area contributed by atoms with E-state index in [0.717, 1.165) is 49.1 Å². The number of nitrogens with one attached hydrogen (secondary N) is 1. The molecule has 2 amide bonds. The Morgan fingerprint density at radius 2 is 1.88 bits per heavy atom. The molecule has 0 aromatic heterocycles. The van der Waals surface area contributed by atoms with Gasteiger partial charge in [-0.15, -0.1) is 0 Å². The van der Waals surface area contributed by atoms with Crippen LogP contribution < -0.4 is 20.5 Å². The van der Waals surface area contributed by atoms with Crippen molar-refractivity contribution in [2.45, 2.75) is 38.3 Å². The van der Waals surface area contributed by atoms with Gasteiger partial charge in [-0.25, -0.2) is 0 Å². The van der Waals surface area contributed by atoms with Gasteiger partial charge < -0.3 is 34.6 Å². The van der Waals surface area contributed by atoms with Gasteiger partial charge >= 0.3 is 0 Å². The van der Waals surface area contributed by atoms with Crippen LogP contribution in [0.4, 0.5) is 5.69 Å². The smallest absolute Gasteiger partial charge is 0.255 e. The van der Waals surface area contributed by atoms with Crippen LogP contribution in [0.25, 0.3) is 0 Å². The van der Waals surface area contributed by atoms with Crippen molar-refractivity contribution in [1.29, 1.82) is 0 Å². The second-order valence-corrected chi connectivity index (χ2v) is 11.2. The van der Waals surface area contributed by atoms with E-state index < -0.39 is 6.04 Å². The molecular weight excluding hydrogens is 508 g/mol. The lowest BCUT2D eigenvalue weighted by molar-refractivity contribution is -0.949. The van der Waals surface area contributed by atoms with E-state index in [1.807, 2.05) is 23.1 Å². The Morgan fingerprint density at radius 3 is 2.62 bits per heavy atom. The molecule has 3 heterocycles. The highest BCUT2D eigenvalue weighted by Gasteiger charge is 2.41. The number of rotatable bonds is 9. The minimum Gasteiger partial charge on any atom is -0.454 e. The zero-order valence-electron chi connectivity index (χ0n) is 23.3. The van der Waals surface area contributed by atoms with Crippen LogP contribution in [-0.2, 0) is 16.0 Å². The maximum atomic E-state index is 13.0. The molecular formula is C31H41N4O5+. The van der Waals surface area contributed by atoms with Crippen LogP contribution in [0.1, 0.15) is 35.7 Å². The second-order valence-electron chi connectivity index (χ2n) is 11.2. The summed E-state index contributed by atoms with van der Waals surface area (Å²) in [6.07, 6.45) is 4.71. The minimum absolute atomic E-state index is 0.0599. The van der Waals surface area contributed by atoms with Crippen LogP contribution in [0.3, 0.4) is 0 Å². The summed E-state index contributed by atoms with van der Waals surface area (Å²) < 4.78 is 17.1. The van der Waals surface area contributed by atoms with Crippen LogP contribution in [0, 0.1) is 5.92 Å². The Balaban J connectivity index is 1.20. The van der Waals surface area contributed by atoms with Gasteiger partial charge in [0.1, 0.15) is 0 Å². The predicted octanol–water partition coefficient (Wildman–Crippen LogP) is 3.20. The second kappa shape index (κ2) is 12.4. The van der Waals surface area contributed by atoms with E-state index in [9.17, 15) is 9.59 Å². The molecule has 3 aliphatic rings. The maximum Gasteiger partial charge on any atom is 0.255 e. The van der Waals surface area contributed by atoms with E-state index in [4.69, 9.17) is 19.9 Å². The summed E-state index contributed by atoms with van der Waals surface area (Å²) in [5.41, 5.74) is 8.95. The first-order valence-electron chi connectivity index (χ1n) is 14.3. The van der Waals surface area contributed by atoms with Gasteiger partial charge in [-0.1, -0.05) is 18.7 Å². The first-order chi connectivity index (χ1) is 19.4. The van der Waals surface area contributed by atoms with E-state index in [2.05, 4.69) is 31.0 Å². The van der Waals surface area contributed by atoms with Gasteiger partial charge in [-0.3, -0.25) is 9.59 Å². The summed E-state index contributed by atoms with van der Waals surface area (Å²) in [7, 11) is 0. The van der Waals surface area contributed by atoms with Crippen LogP contribution >= 0.6 is 0 Å². The van der Waals surface area contributed by atoms with Gasteiger partial charge in [-0.05, 0) is 54.8 Å². The van der Waals surface area contributed by atoms with Crippen molar-refractivity contribution in [2.75, 3.05) is 58.0 Å². The monoisotopic (exact) mass is 549 g/mol. The number of hydrogen-bond acceptors (Lipinski definition) is 6. The largest absolute Gasteiger partial charge is 0.454 e. The third-order valence-corrected chi connectivity index (χ3v) is 8.78. The number of likely N-dealkylation sites (tertiary alicyclic amines) is 1. The molecule has 9 nitrogen and oxygen atoms in total. The third-order valence-electron chi connectivity index (χ3n) is 8.78. The molecule has 3 aliphatic heterocycles. The van der Waals surface area contributed by atoms with Crippen molar-refractivity contribution in [3.8, 4) is 11.5 Å². The lowest BCUT2D eigenvalue weighted by Crippen LogP contribution is -2.61. The number of carbonyl (C=O) groups excluding carboxylic acids is 2. The summed E-state index contributed by atoms with van der Waals surface area (Å²) in [5.74, 6) is 1.29. The summed E-state index contributed by atoms with van der Waals surface area (Å²) in [5, 5.41) is 3.02. The fourth-order valence-electron chi connectivity index (χ4n) is 6.27. The van der Waals surface area contributed by atoms with Gasteiger partial charge in [-0.2, -0.15) is 0 Å². The molecule has 214 valence electrons. The fraction of sp³-hybridized carbons (Fsp3) is 0.484. The summed E-state index contributed by atoms with van der Waals surface area (Å²) in [6, 6.07) is 13.1. The quantitative estimate of drug-likeness (QED) is 0.368. The van der Waals surface area contributed by atoms with Crippen LogP contribution in [0.2, 0.25) is 0 Å². The van der Waals surface area contributed by atoms with E-state index in [1.54, 1.807) is 18.2 Å². The highest BCUT2D eigenvalue weighted by Crippen LogP contribution is 2.33. The number of anilines is 1. The molecule has 0 aliphatic carbocycles. The Morgan fingerprint density at radius 1 is 1.12 bits per heavy atom. The Bertz CT molecular complexity index is 1220. The van der Waals surface area contributed by atoms with Gasteiger partial charge in [0.05, 0.1) is 44.9 Å². The number of piperidine rings is 1. The molecule has 2 atom stereocenters. The summed E-state index contributed by atoms with van der Waals surface area (Å²) in [4.78, 5) is 27.7. The topological polar surface area (TPSA) is 103 Å².